The van der Waals surface area contributed by atoms with E-state index in [1.54, 1.807) is 0 Å². The van der Waals surface area contributed by atoms with E-state index in [9.17, 15) is 14.9 Å². The summed E-state index contributed by atoms with van der Waals surface area (Å²) in [5.41, 5.74) is 0.903. The molecule has 0 aromatic heterocycles. The summed E-state index contributed by atoms with van der Waals surface area (Å²) in [6.45, 7) is 0.141. The number of hydrogen-bond acceptors (Lipinski definition) is 4. The number of ether oxygens (including phenoxy) is 1. The molecule has 2 aromatic carbocycles. The molecule has 0 saturated carbocycles. The van der Waals surface area contributed by atoms with Crippen LogP contribution in [0, 0.1) is 10.1 Å². The maximum Gasteiger partial charge on any atom is 0.338 e. The van der Waals surface area contributed by atoms with E-state index in [-0.39, 0.29) is 17.9 Å². The lowest BCUT2D eigenvalue weighted by Crippen LogP contribution is -2.05. The first-order valence-electron chi connectivity index (χ1n) is 5.62. The van der Waals surface area contributed by atoms with Gasteiger partial charge in [-0.15, -0.1) is 0 Å². The molecular weight excluding hydrogens is 246 g/mol. The standard InChI is InChI=1S/C14H11NO4/c16-14(19-10-11-5-2-1-3-6-11)12-7-4-8-13(9-12)15(17)18/h1-9H,10H2. The molecule has 19 heavy (non-hydrogen) atoms. The van der Waals surface area contributed by atoms with E-state index < -0.39 is 10.9 Å². The summed E-state index contributed by atoms with van der Waals surface area (Å²) in [7, 11) is 0. The highest BCUT2D eigenvalue weighted by Crippen LogP contribution is 2.14. The van der Waals surface area contributed by atoms with Crippen molar-refractivity contribution in [3.8, 4) is 0 Å². The fourth-order valence-corrected chi connectivity index (χ4v) is 1.55. The third-order valence-electron chi connectivity index (χ3n) is 2.51. The molecule has 5 nitrogen and oxygen atoms in total. The molecular formula is C14H11NO4. The Morgan fingerprint density at radius 1 is 1.11 bits per heavy atom. The van der Waals surface area contributed by atoms with Gasteiger partial charge in [-0.2, -0.15) is 0 Å². The monoisotopic (exact) mass is 257 g/mol. The molecule has 96 valence electrons. The van der Waals surface area contributed by atoms with Crippen LogP contribution in [-0.4, -0.2) is 10.9 Å². The number of benzene rings is 2. The minimum atomic E-state index is -0.576. The molecule has 5 heteroatoms. The number of rotatable bonds is 4. The largest absolute Gasteiger partial charge is 0.457 e. The Bertz CT molecular complexity index is 595. The summed E-state index contributed by atoms with van der Waals surface area (Å²) >= 11 is 0. The lowest BCUT2D eigenvalue weighted by atomic mass is 10.2. The molecule has 0 N–H and O–H groups in total. The van der Waals surface area contributed by atoms with Gasteiger partial charge in [0, 0.05) is 12.1 Å². The molecule has 2 aromatic rings. The van der Waals surface area contributed by atoms with Crippen molar-refractivity contribution >= 4 is 11.7 Å². The Balaban J connectivity index is 2.04. The molecule has 0 radical (unpaired) electrons. The van der Waals surface area contributed by atoms with Crippen LogP contribution in [0.25, 0.3) is 0 Å². The van der Waals surface area contributed by atoms with Gasteiger partial charge in [0.15, 0.2) is 0 Å². The zero-order valence-electron chi connectivity index (χ0n) is 9.98. The highest BCUT2D eigenvalue weighted by molar-refractivity contribution is 5.90. The number of carbonyl (C=O) groups is 1. The molecule has 0 fully saturated rings. The fraction of sp³-hybridized carbons (Fsp3) is 0.0714. The molecule has 2 rings (SSSR count). The van der Waals surface area contributed by atoms with Crippen LogP contribution in [0.15, 0.2) is 54.6 Å². The smallest absolute Gasteiger partial charge is 0.338 e. The minimum absolute atomic E-state index is 0.130. The number of hydrogen-bond donors (Lipinski definition) is 0. The van der Waals surface area contributed by atoms with E-state index in [1.165, 1.54) is 24.3 Å². The van der Waals surface area contributed by atoms with Crippen LogP contribution in [0.3, 0.4) is 0 Å². The molecule has 0 aliphatic carbocycles. The van der Waals surface area contributed by atoms with Crippen LogP contribution >= 0.6 is 0 Å². The lowest BCUT2D eigenvalue weighted by Gasteiger charge is -2.04. The van der Waals surface area contributed by atoms with Gasteiger partial charge in [-0.3, -0.25) is 10.1 Å². The third kappa shape index (κ3) is 3.38. The molecule has 0 saturated heterocycles. The molecule has 0 aliphatic rings. The zero-order valence-corrected chi connectivity index (χ0v) is 9.98. The van der Waals surface area contributed by atoms with Gasteiger partial charge in [0.2, 0.25) is 0 Å². The van der Waals surface area contributed by atoms with Crippen LogP contribution in [0.1, 0.15) is 15.9 Å². The lowest BCUT2D eigenvalue weighted by molar-refractivity contribution is -0.384. The maximum atomic E-state index is 11.7. The van der Waals surface area contributed by atoms with Crippen LogP contribution in [0.4, 0.5) is 5.69 Å². The SMILES string of the molecule is O=C(OCc1ccccc1)c1cccc([N+](=O)[O-])c1. The van der Waals surface area contributed by atoms with Crippen molar-refractivity contribution in [3.05, 3.63) is 75.8 Å². The Morgan fingerprint density at radius 2 is 1.84 bits per heavy atom. The number of esters is 1. The third-order valence-corrected chi connectivity index (χ3v) is 2.51. The van der Waals surface area contributed by atoms with Crippen LogP contribution < -0.4 is 0 Å². The van der Waals surface area contributed by atoms with E-state index in [1.807, 2.05) is 30.3 Å². The first-order valence-corrected chi connectivity index (χ1v) is 5.62. The number of nitrogens with zero attached hydrogens (tertiary/aromatic N) is 1. The zero-order chi connectivity index (χ0) is 13.7. The first-order chi connectivity index (χ1) is 9.16. The van der Waals surface area contributed by atoms with Gasteiger partial charge in [0.25, 0.3) is 5.69 Å². The van der Waals surface area contributed by atoms with E-state index >= 15 is 0 Å². The van der Waals surface area contributed by atoms with Gasteiger partial charge in [-0.25, -0.2) is 4.79 Å². The van der Waals surface area contributed by atoms with Crippen molar-refractivity contribution in [2.24, 2.45) is 0 Å². The Kier molecular flexibility index (Phi) is 3.87. The van der Waals surface area contributed by atoms with Gasteiger partial charge in [-0.1, -0.05) is 36.4 Å². The summed E-state index contributed by atoms with van der Waals surface area (Å²) in [5, 5.41) is 10.6. The van der Waals surface area contributed by atoms with Crippen molar-refractivity contribution in [2.75, 3.05) is 0 Å². The van der Waals surface area contributed by atoms with Crippen molar-refractivity contribution < 1.29 is 14.5 Å². The van der Waals surface area contributed by atoms with Crippen molar-refractivity contribution in [1.29, 1.82) is 0 Å². The molecule has 0 amide bonds. The van der Waals surface area contributed by atoms with Crippen molar-refractivity contribution in [1.82, 2.24) is 0 Å². The number of nitro benzene ring substituents is 1. The predicted octanol–water partition coefficient (Wildman–Crippen LogP) is 2.95. The number of non-ortho nitro benzene ring substituents is 1. The first kappa shape index (κ1) is 12.8. The predicted molar refractivity (Wildman–Crippen MR) is 68.7 cm³/mol. The van der Waals surface area contributed by atoms with Crippen LogP contribution in [0.2, 0.25) is 0 Å². The molecule has 0 heterocycles. The van der Waals surface area contributed by atoms with E-state index in [2.05, 4.69) is 0 Å². The van der Waals surface area contributed by atoms with Gasteiger partial charge >= 0.3 is 5.97 Å². The summed E-state index contributed by atoms with van der Waals surface area (Å²) in [5.74, 6) is -0.576. The number of nitro groups is 1. The normalized spacial score (nSPS) is 9.89. The van der Waals surface area contributed by atoms with Gasteiger partial charge in [-0.05, 0) is 11.6 Å². The second kappa shape index (κ2) is 5.77. The molecule has 0 unspecified atom stereocenters. The molecule has 0 bridgehead atoms. The van der Waals surface area contributed by atoms with Crippen molar-refractivity contribution in [2.45, 2.75) is 6.61 Å². The Labute approximate surface area is 109 Å². The quantitative estimate of drug-likeness (QED) is 0.479. The average molecular weight is 257 g/mol. The highest BCUT2D eigenvalue weighted by Gasteiger charge is 2.12. The minimum Gasteiger partial charge on any atom is -0.457 e. The summed E-state index contributed by atoms with van der Waals surface area (Å²) in [6.07, 6.45) is 0. The topological polar surface area (TPSA) is 69.4 Å². The van der Waals surface area contributed by atoms with E-state index in [0.717, 1.165) is 5.56 Å². The van der Waals surface area contributed by atoms with Gasteiger partial charge in [0.05, 0.1) is 10.5 Å². The second-order valence-electron chi connectivity index (χ2n) is 3.87. The highest BCUT2D eigenvalue weighted by atomic mass is 16.6. The number of carbonyl (C=O) groups excluding carboxylic acids is 1. The maximum absolute atomic E-state index is 11.7. The van der Waals surface area contributed by atoms with Gasteiger partial charge in [0.1, 0.15) is 6.61 Å². The van der Waals surface area contributed by atoms with Crippen LogP contribution in [-0.2, 0) is 11.3 Å². The average Bonchev–Trinajstić information content (AvgIpc) is 2.46. The summed E-state index contributed by atoms with van der Waals surface area (Å²) in [4.78, 5) is 21.8. The summed E-state index contributed by atoms with van der Waals surface area (Å²) in [6, 6.07) is 14.7. The van der Waals surface area contributed by atoms with Crippen molar-refractivity contribution in [3.63, 3.8) is 0 Å². The van der Waals surface area contributed by atoms with E-state index in [4.69, 9.17) is 4.74 Å². The van der Waals surface area contributed by atoms with Gasteiger partial charge < -0.3 is 4.74 Å². The Morgan fingerprint density at radius 3 is 2.53 bits per heavy atom. The fourth-order valence-electron chi connectivity index (χ4n) is 1.55. The summed E-state index contributed by atoms with van der Waals surface area (Å²) < 4.78 is 5.09. The molecule has 0 aliphatic heterocycles. The molecule has 0 atom stereocenters. The van der Waals surface area contributed by atoms with Crippen LogP contribution in [0.5, 0.6) is 0 Å². The second-order valence-corrected chi connectivity index (χ2v) is 3.87. The molecule has 0 spiro atoms. The Hall–Kier alpha value is -2.69. The van der Waals surface area contributed by atoms with E-state index in [0.29, 0.717) is 0 Å².